The van der Waals surface area contributed by atoms with Crippen molar-refractivity contribution in [3.05, 3.63) is 29.3 Å². The molecule has 0 bridgehead atoms. The Morgan fingerprint density at radius 3 is 2.52 bits per heavy atom. The topological polar surface area (TPSA) is 64.3 Å². The van der Waals surface area contributed by atoms with Gasteiger partial charge in [-0.3, -0.25) is 4.79 Å². The fourth-order valence-electron chi connectivity index (χ4n) is 1.99. The second-order valence-electron chi connectivity index (χ2n) is 6.06. The summed E-state index contributed by atoms with van der Waals surface area (Å²) in [6.45, 7) is 10.6. The molecule has 1 unspecified atom stereocenters. The average Bonchev–Trinajstić information content (AvgIpc) is 2.37. The van der Waals surface area contributed by atoms with Crippen molar-refractivity contribution in [2.75, 3.05) is 6.54 Å². The van der Waals surface area contributed by atoms with Crippen LogP contribution in [0.1, 0.15) is 51.3 Å². The number of nitrogens with one attached hydrogen (secondary N) is 1. The highest BCUT2D eigenvalue weighted by atomic mass is 16.5. The lowest BCUT2D eigenvalue weighted by molar-refractivity contribution is -0.127. The first-order valence-corrected chi connectivity index (χ1v) is 7.61. The predicted octanol–water partition coefficient (Wildman–Crippen LogP) is 2.94. The molecule has 21 heavy (non-hydrogen) atoms. The molecule has 1 aromatic rings. The van der Waals surface area contributed by atoms with Crippen LogP contribution in [0, 0.1) is 12.8 Å². The molecule has 0 saturated carbocycles. The summed E-state index contributed by atoms with van der Waals surface area (Å²) < 4.78 is 5.81. The molecule has 0 aliphatic heterocycles. The molecule has 4 nitrogen and oxygen atoms in total. The number of amides is 1. The number of benzene rings is 1. The van der Waals surface area contributed by atoms with Gasteiger partial charge in [0.15, 0.2) is 6.10 Å². The number of rotatable bonds is 7. The summed E-state index contributed by atoms with van der Waals surface area (Å²) in [7, 11) is 0. The van der Waals surface area contributed by atoms with Gasteiger partial charge in [0.05, 0.1) is 0 Å². The van der Waals surface area contributed by atoms with Crippen molar-refractivity contribution in [3.63, 3.8) is 0 Å². The van der Waals surface area contributed by atoms with Crippen LogP contribution in [-0.2, 0) is 4.79 Å². The molecule has 0 fully saturated rings. The van der Waals surface area contributed by atoms with E-state index in [1.807, 2.05) is 32.0 Å². The quantitative estimate of drug-likeness (QED) is 0.812. The lowest BCUT2D eigenvalue weighted by Gasteiger charge is -2.19. The summed E-state index contributed by atoms with van der Waals surface area (Å²) in [5.41, 5.74) is 7.95. The highest BCUT2D eigenvalue weighted by Crippen LogP contribution is 2.26. The average molecular weight is 292 g/mol. The lowest BCUT2D eigenvalue weighted by Crippen LogP contribution is -2.37. The summed E-state index contributed by atoms with van der Waals surface area (Å²) in [6.07, 6.45) is 0.435. The van der Waals surface area contributed by atoms with Gasteiger partial charge in [-0.15, -0.1) is 0 Å². The number of nitrogens with two attached hydrogens (primary N) is 1. The lowest BCUT2D eigenvalue weighted by atomic mass is 10.1. The van der Waals surface area contributed by atoms with Gasteiger partial charge in [-0.1, -0.05) is 26.0 Å². The minimum absolute atomic E-state index is 0.0900. The van der Waals surface area contributed by atoms with Crippen LogP contribution < -0.4 is 15.8 Å². The van der Waals surface area contributed by atoms with Crippen LogP contribution in [0.3, 0.4) is 0 Å². The number of hydrogen-bond acceptors (Lipinski definition) is 3. The largest absolute Gasteiger partial charge is 0.481 e. The molecular formula is C17H28N2O2. The molecule has 1 amide bonds. The van der Waals surface area contributed by atoms with Crippen molar-refractivity contribution >= 4 is 5.91 Å². The van der Waals surface area contributed by atoms with Crippen molar-refractivity contribution in [2.45, 2.75) is 53.2 Å². The van der Waals surface area contributed by atoms with Gasteiger partial charge < -0.3 is 15.8 Å². The molecule has 0 spiro atoms. The first kappa shape index (κ1) is 17.5. The molecule has 2 atom stereocenters. The Morgan fingerprint density at radius 2 is 1.95 bits per heavy atom. The minimum atomic E-state index is -0.531. The van der Waals surface area contributed by atoms with Gasteiger partial charge in [0, 0.05) is 18.2 Å². The first-order chi connectivity index (χ1) is 9.81. The zero-order valence-corrected chi connectivity index (χ0v) is 13.8. The molecule has 0 heterocycles. The molecule has 1 rings (SSSR count). The van der Waals surface area contributed by atoms with Crippen LogP contribution in [0.25, 0.3) is 0 Å². The van der Waals surface area contributed by atoms with E-state index in [9.17, 15) is 4.79 Å². The van der Waals surface area contributed by atoms with Crippen molar-refractivity contribution < 1.29 is 9.53 Å². The van der Waals surface area contributed by atoms with E-state index in [0.717, 1.165) is 17.5 Å². The second kappa shape index (κ2) is 8.03. The van der Waals surface area contributed by atoms with E-state index in [1.165, 1.54) is 0 Å². The highest BCUT2D eigenvalue weighted by Gasteiger charge is 2.17. The third kappa shape index (κ3) is 5.76. The Balaban J connectivity index is 2.67. The zero-order valence-electron chi connectivity index (χ0n) is 13.8. The molecule has 1 aromatic carbocycles. The number of hydrogen-bond donors (Lipinski definition) is 2. The summed E-state index contributed by atoms with van der Waals surface area (Å²) in [5.74, 6) is 1.17. The van der Waals surface area contributed by atoms with E-state index in [-0.39, 0.29) is 11.9 Å². The van der Waals surface area contributed by atoms with Crippen LogP contribution in [0.4, 0.5) is 0 Å². The third-order valence-corrected chi connectivity index (χ3v) is 3.35. The molecule has 0 radical (unpaired) electrons. The standard InChI is InChI=1S/C17H28N2O2/c1-11(2)8-9-19-17(20)14(5)21-16-10-12(3)6-7-15(16)13(4)18/h6-7,10-11,13-14H,8-9,18H2,1-5H3,(H,19,20)/t13-,14?/m1/s1. The monoisotopic (exact) mass is 292 g/mol. The fraction of sp³-hybridized carbons (Fsp3) is 0.588. The summed E-state index contributed by atoms with van der Waals surface area (Å²) in [5, 5.41) is 2.90. The zero-order chi connectivity index (χ0) is 16.0. The van der Waals surface area contributed by atoms with Crippen molar-refractivity contribution in [1.29, 1.82) is 0 Å². The van der Waals surface area contributed by atoms with Gasteiger partial charge in [-0.2, -0.15) is 0 Å². The maximum absolute atomic E-state index is 12.0. The van der Waals surface area contributed by atoms with Crippen molar-refractivity contribution in [3.8, 4) is 5.75 Å². The molecule has 4 heteroatoms. The number of ether oxygens (including phenoxy) is 1. The maximum Gasteiger partial charge on any atom is 0.260 e. The van der Waals surface area contributed by atoms with E-state index in [0.29, 0.717) is 18.2 Å². The van der Waals surface area contributed by atoms with E-state index < -0.39 is 6.10 Å². The van der Waals surface area contributed by atoms with Gasteiger partial charge in [0.25, 0.3) is 5.91 Å². The van der Waals surface area contributed by atoms with Gasteiger partial charge in [0.1, 0.15) is 5.75 Å². The fourth-order valence-corrected chi connectivity index (χ4v) is 1.99. The number of aryl methyl sites for hydroxylation is 1. The molecule has 0 aromatic heterocycles. The molecule has 0 aliphatic rings. The van der Waals surface area contributed by atoms with Gasteiger partial charge in [-0.05, 0) is 44.7 Å². The Labute approximate surface area is 128 Å². The van der Waals surface area contributed by atoms with Crippen LogP contribution in [0.5, 0.6) is 5.75 Å². The number of carbonyl (C=O) groups excluding carboxylic acids is 1. The van der Waals surface area contributed by atoms with E-state index in [4.69, 9.17) is 10.5 Å². The van der Waals surface area contributed by atoms with E-state index in [2.05, 4.69) is 19.2 Å². The molecule has 3 N–H and O–H groups in total. The van der Waals surface area contributed by atoms with Crippen molar-refractivity contribution in [2.24, 2.45) is 11.7 Å². The Hall–Kier alpha value is -1.55. The highest BCUT2D eigenvalue weighted by molar-refractivity contribution is 5.80. The smallest absolute Gasteiger partial charge is 0.260 e. The normalized spacial score (nSPS) is 13.9. The first-order valence-electron chi connectivity index (χ1n) is 7.61. The number of carbonyl (C=O) groups is 1. The van der Waals surface area contributed by atoms with Gasteiger partial charge >= 0.3 is 0 Å². The Morgan fingerprint density at radius 1 is 1.29 bits per heavy atom. The van der Waals surface area contributed by atoms with E-state index >= 15 is 0 Å². The van der Waals surface area contributed by atoms with Gasteiger partial charge in [-0.25, -0.2) is 0 Å². The Kier molecular flexibility index (Phi) is 6.69. The van der Waals surface area contributed by atoms with Crippen LogP contribution in [0.2, 0.25) is 0 Å². The third-order valence-electron chi connectivity index (χ3n) is 3.35. The molecular weight excluding hydrogens is 264 g/mol. The summed E-state index contributed by atoms with van der Waals surface area (Å²) in [6, 6.07) is 5.76. The molecule has 0 saturated heterocycles. The summed E-state index contributed by atoms with van der Waals surface area (Å²) >= 11 is 0. The molecule has 0 aliphatic carbocycles. The summed E-state index contributed by atoms with van der Waals surface area (Å²) in [4.78, 5) is 12.0. The second-order valence-corrected chi connectivity index (χ2v) is 6.06. The maximum atomic E-state index is 12.0. The predicted molar refractivity (Wildman–Crippen MR) is 86.3 cm³/mol. The molecule has 118 valence electrons. The van der Waals surface area contributed by atoms with Crippen LogP contribution in [-0.4, -0.2) is 18.6 Å². The SMILES string of the molecule is Cc1ccc([C@@H](C)N)c(OC(C)C(=O)NCCC(C)C)c1. The van der Waals surface area contributed by atoms with Crippen LogP contribution >= 0.6 is 0 Å². The van der Waals surface area contributed by atoms with Gasteiger partial charge in [0.2, 0.25) is 0 Å². The Bertz CT molecular complexity index is 470. The van der Waals surface area contributed by atoms with Crippen LogP contribution in [0.15, 0.2) is 18.2 Å². The van der Waals surface area contributed by atoms with E-state index in [1.54, 1.807) is 6.92 Å². The minimum Gasteiger partial charge on any atom is -0.481 e. The van der Waals surface area contributed by atoms with Crippen molar-refractivity contribution in [1.82, 2.24) is 5.32 Å².